The van der Waals surface area contributed by atoms with Crippen molar-refractivity contribution >= 4 is 11.8 Å². The van der Waals surface area contributed by atoms with Crippen molar-refractivity contribution in [3.63, 3.8) is 0 Å². The summed E-state index contributed by atoms with van der Waals surface area (Å²) in [4.78, 5) is 25.4. The number of amides is 2. The first kappa shape index (κ1) is 9.33. The third-order valence-corrected chi connectivity index (χ3v) is 3.95. The monoisotopic (exact) mass is 208 g/mol. The lowest BCUT2D eigenvalue weighted by Crippen LogP contribution is -2.50. The fourth-order valence-corrected chi connectivity index (χ4v) is 2.81. The van der Waals surface area contributed by atoms with Gasteiger partial charge in [0.05, 0.1) is 6.04 Å². The van der Waals surface area contributed by atoms with Crippen LogP contribution in [-0.4, -0.2) is 35.8 Å². The molecule has 0 aromatic rings. The van der Waals surface area contributed by atoms with Crippen LogP contribution in [0.5, 0.6) is 0 Å². The highest BCUT2D eigenvalue weighted by atomic mass is 16.2. The topological polar surface area (TPSA) is 49.4 Å². The molecule has 1 aliphatic carbocycles. The van der Waals surface area contributed by atoms with E-state index in [0.717, 1.165) is 32.4 Å². The van der Waals surface area contributed by atoms with E-state index in [1.165, 1.54) is 4.90 Å². The first-order chi connectivity index (χ1) is 7.20. The van der Waals surface area contributed by atoms with Crippen molar-refractivity contribution in [3.05, 3.63) is 0 Å². The summed E-state index contributed by atoms with van der Waals surface area (Å²) < 4.78 is 0. The van der Waals surface area contributed by atoms with E-state index in [9.17, 15) is 9.59 Å². The lowest BCUT2D eigenvalue weighted by atomic mass is 9.91. The summed E-state index contributed by atoms with van der Waals surface area (Å²) in [7, 11) is 0. The molecule has 1 atom stereocenters. The molecule has 2 saturated heterocycles. The van der Waals surface area contributed by atoms with Crippen LogP contribution in [0.2, 0.25) is 0 Å². The maximum atomic E-state index is 11.9. The van der Waals surface area contributed by atoms with Crippen LogP contribution in [0.1, 0.15) is 32.1 Å². The third-order valence-electron chi connectivity index (χ3n) is 3.95. The molecule has 0 radical (unpaired) electrons. The molecule has 0 aromatic heterocycles. The van der Waals surface area contributed by atoms with Crippen LogP contribution in [0.4, 0.5) is 0 Å². The van der Waals surface area contributed by atoms with Crippen molar-refractivity contribution in [1.29, 1.82) is 0 Å². The average Bonchev–Trinajstić information content (AvgIpc) is 2.72. The average molecular weight is 208 g/mol. The van der Waals surface area contributed by atoms with E-state index in [-0.39, 0.29) is 23.3 Å². The van der Waals surface area contributed by atoms with Crippen LogP contribution in [0.15, 0.2) is 0 Å². The molecule has 3 aliphatic rings. The van der Waals surface area contributed by atoms with Crippen LogP contribution in [0.25, 0.3) is 0 Å². The third kappa shape index (κ3) is 1.47. The quantitative estimate of drug-likeness (QED) is 0.630. The summed E-state index contributed by atoms with van der Waals surface area (Å²) in [6.45, 7) is 1.71. The Morgan fingerprint density at radius 3 is 2.33 bits per heavy atom. The number of carbonyl (C=O) groups is 2. The van der Waals surface area contributed by atoms with E-state index in [1.54, 1.807) is 0 Å². The van der Waals surface area contributed by atoms with E-state index in [0.29, 0.717) is 12.8 Å². The van der Waals surface area contributed by atoms with Gasteiger partial charge in [0.15, 0.2) is 0 Å². The van der Waals surface area contributed by atoms with Gasteiger partial charge in [-0.15, -0.1) is 0 Å². The van der Waals surface area contributed by atoms with Crippen LogP contribution in [-0.2, 0) is 9.59 Å². The van der Waals surface area contributed by atoms with Crippen molar-refractivity contribution in [3.8, 4) is 0 Å². The number of rotatable bonds is 1. The number of piperidine rings is 1. The fraction of sp³-hybridized carbons (Fsp3) is 0.818. The highest BCUT2D eigenvalue weighted by Gasteiger charge is 2.52. The Hall–Kier alpha value is -0.900. The molecule has 1 saturated carbocycles. The molecule has 15 heavy (non-hydrogen) atoms. The highest BCUT2D eigenvalue weighted by Crippen LogP contribution is 2.54. The Bertz CT molecular complexity index is 297. The second kappa shape index (κ2) is 3.04. The summed E-state index contributed by atoms with van der Waals surface area (Å²) in [6.07, 6.45) is 4.28. The van der Waals surface area contributed by atoms with Gasteiger partial charge in [0, 0.05) is 19.4 Å². The molecule has 1 unspecified atom stereocenters. The number of hydrogen-bond acceptors (Lipinski definition) is 3. The minimum absolute atomic E-state index is 0.0671. The molecule has 0 bridgehead atoms. The summed E-state index contributed by atoms with van der Waals surface area (Å²) in [5, 5.41) is 3.20. The van der Waals surface area contributed by atoms with Crippen molar-refractivity contribution in [2.45, 2.75) is 38.1 Å². The Morgan fingerprint density at radius 1 is 1.20 bits per heavy atom. The van der Waals surface area contributed by atoms with Crippen molar-refractivity contribution in [1.82, 2.24) is 10.2 Å². The normalized spacial score (nSPS) is 33.9. The molecule has 2 amide bonds. The van der Waals surface area contributed by atoms with Gasteiger partial charge in [0.1, 0.15) is 0 Å². The molecule has 4 heteroatoms. The number of nitrogens with one attached hydrogen (secondary N) is 1. The number of hydrogen-bond donors (Lipinski definition) is 1. The Kier molecular flexibility index (Phi) is 1.89. The van der Waals surface area contributed by atoms with Crippen LogP contribution < -0.4 is 5.32 Å². The van der Waals surface area contributed by atoms with Crippen LogP contribution in [0, 0.1) is 5.41 Å². The Labute approximate surface area is 89.0 Å². The zero-order valence-corrected chi connectivity index (χ0v) is 8.79. The van der Waals surface area contributed by atoms with Crippen molar-refractivity contribution in [2.75, 3.05) is 13.1 Å². The lowest BCUT2D eigenvalue weighted by molar-refractivity contribution is -0.153. The molecule has 3 rings (SSSR count). The number of nitrogens with zero attached hydrogens (tertiary/aromatic N) is 1. The van der Waals surface area contributed by atoms with Gasteiger partial charge in [-0.25, -0.2) is 0 Å². The molecule has 82 valence electrons. The molecule has 1 N–H and O–H groups in total. The van der Waals surface area contributed by atoms with Gasteiger partial charge in [-0.05, 0) is 31.2 Å². The van der Waals surface area contributed by atoms with Gasteiger partial charge in [-0.1, -0.05) is 0 Å². The number of carbonyl (C=O) groups excluding carboxylic acids is 2. The maximum Gasteiger partial charge on any atom is 0.230 e. The van der Waals surface area contributed by atoms with Crippen LogP contribution in [0.3, 0.4) is 0 Å². The first-order valence-corrected chi connectivity index (χ1v) is 5.76. The zero-order chi connectivity index (χ0) is 10.5. The van der Waals surface area contributed by atoms with Crippen molar-refractivity contribution < 1.29 is 9.59 Å². The first-order valence-electron chi connectivity index (χ1n) is 5.76. The number of imide groups is 1. The summed E-state index contributed by atoms with van der Waals surface area (Å²) >= 11 is 0. The van der Waals surface area contributed by atoms with E-state index in [4.69, 9.17) is 0 Å². The van der Waals surface area contributed by atoms with E-state index >= 15 is 0 Å². The molecule has 4 nitrogen and oxygen atoms in total. The predicted octanol–water partition coefficient (Wildman–Crippen LogP) is 0.278. The SMILES string of the molecule is O=C1CC2(CC2)CC(=O)N1C1CCNC1. The van der Waals surface area contributed by atoms with Gasteiger partial charge in [-0.2, -0.15) is 0 Å². The Balaban J connectivity index is 1.77. The molecular formula is C11H16N2O2. The molecular weight excluding hydrogens is 192 g/mol. The lowest BCUT2D eigenvalue weighted by Gasteiger charge is -2.33. The highest BCUT2D eigenvalue weighted by molar-refractivity contribution is 5.99. The molecule has 3 fully saturated rings. The molecule has 2 heterocycles. The maximum absolute atomic E-state index is 11.9. The molecule has 0 aromatic carbocycles. The summed E-state index contributed by atoms with van der Waals surface area (Å²) in [6, 6.07) is 0.126. The zero-order valence-electron chi connectivity index (χ0n) is 8.79. The second-order valence-electron chi connectivity index (χ2n) is 5.16. The summed E-state index contributed by atoms with van der Waals surface area (Å²) in [5.74, 6) is 0.134. The van der Waals surface area contributed by atoms with Crippen molar-refractivity contribution in [2.24, 2.45) is 5.41 Å². The predicted molar refractivity (Wildman–Crippen MR) is 54.0 cm³/mol. The fourth-order valence-electron chi connectivity index (χ4n) is 2.81. The van der Waals surface area contributed by atoms with Gasteiger partial charge in [-0.3, -0.25) is 14.5 Å². The van der Waals surface area contributed by atoms with E-state index < -0.39 is 0 Å². The largest absolute Gasteiger partial charge is 0.315 e. The van der Waals surface area contributed by atoms with Crippen LogP contribution >= 0.6 is 0 Å². The summed E-state index contributed by atoms with van der Waals surface area (Å²) in [5.41, 5.74) is 0.0939. The minimum atomic E-state index is 0.0671. The van der Waals surface area contributed by atoms with Gasteiger partial charge in [0.2, 0.25) is 11.8 Å². The van der Waals surface area contributed by atoms with E-state index in [1.807, 2.05) is 0 Å². The van der Waals surface area contributed by atoms with Gasteiger partial charge in [0.25, 0.3) is 0 Å². The van der Waals surface area contributed by atoms with Gasteiger partial charge < -0.3 is 5.32 Å². The molecule has 2 aliphatic heterocycles. The van der Waals surface area contributed by atoms with Gasteiger partial charge >= 0.3 is 0 Å². The number of likely N-dealkylation sites (tertiary alicyclic amines) is 1. The Morgan fingerprint density at radius 2 is 1.87 bits per heavy atom. The van der Waals surface area contributed by atoms with E-state index in [2.05, 4.69) is 5.32 Å². The minimum Gasteiger partial charge on any atom is -0.315 e. The second-order valence-corrected chi connectivity index (χ2v) is 5.16. The molecule has 1 spiro atoms. The standard InChI is InChI=1S/C11H16N2O2/c14-9-5-11(2-3-11)6-10(15)13(9)8-1-4-12-7-8/h8,12H,1-7H2. The smallest absolute Gasteiger partial charge is 0.230 e.